The van der Waals surface area contributed by atoms with Crippen LogP contribution in [-0.4, -0.2) is 33.8 Å². The summed E-state index contributed by atoms with van der Waals surface area (Å²) in [5.41, 5.74) is 3.17. The average molecular weight is 253 g/mol. The zero-order valence-corrected chi connectivity index (χ0v) is 9.85. The summed E-state index contributed by atoms with van der Waals surface area (Å²) in [5, 5.41) is 3.06. The minimum atomic E-state index is -3.67. The van der Waals surface area contributed by atoms with Gasteiger partial charge < -0.3 is 5.10 Å². The number of H-pyrrole nitrogens is 1. The quantitative estimate of drug-likeness (QED) is 0.591. The molecule has 0 bridgehead atoms. The summed E-state index contributed by atoms with van der Waals surface area (Å²) in [4.78, 5) is 4.43. The van der Waals surface area contributed by atoms with Crippen LogP contribution in [0.4, 0.5) is 0 Å². The fourth-order valence-electron chi connectivity index (χ4n) is 1.43. The maximum absolute atomic E-state index is 9.19. The van der Waals surface area contributed by atoms with Crippen molar-refractivity contribution >= 4 is 15.8 Å². The third-order valence-electron chi connectivity index (χ3n) is 2.02. The zero-order valence-electron chi connectivity index (χ0n) is 9.03. The molecule has 1 aromatic rings. The number of nitrogens with zero attached hydrogens (tertiary/aromatic N) is 2. The number of rotatable bonds is 0. The van der Waals surface area contributed by atoms with E-state index < -0.39 is 10.1 Å². The monoisotopic (exact) mass is 253 g/mol. The summed E-state index contributed by atoms with van der Waals surface area (Å²) >= 11 is 0. The Morgan fingerprint density at radius 3 is 2.76 bits per heavy atom. The SMILES string of the molecule is CS(=O)(=O)O.c1cc2cn3[nH]ccc3nc-2c1. The maximum atomic E-state index is 9.19. The third kappa shape index (κ3) is 3.05. The Morgan fingerprint density at radius 1 is 1.35 bits per heavy atom. The molecule has 0 saturated heterocycles. The van der Waals surface area contributed by atoms with Crippen LogP contribution in [0.1, 0.15) is 0 Å². The van der Waals surface area contributed by atoms with Crippen LogP contribution >= 0.6 is 0 Å². The van der Waals surface area contributed by atoms with Crippen molar-refractivity contribution in [2.45, 2.75) is 0 Å². The highest BCUT2D eigenvalue weighted by Crippen LogP contribution is 2.20. The molecular formula is C10H11N3O3S. The lowest BCUT2D eigenvalue weighted by atomic mass is 10.3. The van der Waals surface area contributed by atoms with E-state index in [1.54, 1.807) is 0 Å². The predicted octanol–water partition coefficient (Wildman–Crippen LogP) is 1.27. The first-order chi connectivity index (χ1) is 7.93. The highest BCUT2D eigenvalue weighted by molar-refractivity contribution is 7.85. The minimum absolute atomic E-state index is 0.715. The molecule has 17 heavy (non-hydrogen) atoms. The summed E-state index contributed by atoms with van der Waals surface area (Å²) < 4.78 is 27.8. The average Bonchev–Trinajstić information content (AvgIpc) is 2.76. The van der Waals surface area contributed by atoms with E-state index in [-0.39, 0.29) is 0 Å². The molecule has 0 fully saturated rings. The standard InChI is InChI=1S/C9H7N3.CH4O3S/c1-2-7-6-12-9(4-5-10-12)11-8(7)3-1;1-5(2,3)4/h1-6,10H;1H3,(H,2,3,4). The van der Waals surface area contributed by atoms with E-state index in [0.717, 1.165) is 16.9 Å². The molecule has 1 aliphatic heterocycles. The number of fused-ring (bicyclic) bond motifs is 2. The summed E-state index contributed by atoms with van der Waals surface area (Å²) in [5.74, 6) is 0. The van der Waals surface area contributed by atoms with E-state index in [9.17, 15) is 8.42 Å². The van der Waals surface area contributed by atoms with Crippen LogP contribution in [0, 0.1) is 0 Å². The lowest BCUT2D eigenvalue weighted by molar-refractivity contribution is 0.490. The van der Waals surface area contributed by atoms with Crippen molar-refractivity contribution in [3.05, 3.63) is 36.7 Å². The van der Waals surface area contributed by atoms with Gasteiger partial charge in [0, 0.05) is 24.0 Å². The second-order valence-electron chi connectivity index (χ2n) is 3.53. The molecule has 90 valence electrons. The molecule has 0 saturated carbocycles. The van der Waals surface area contributed by atoms with Gasteiger partial charge in [0.25, 0.3) is 10.1 Å². The van der Waals surface area contributed by atoms with Gasteiger partial charge in [-0.2, -0.15) is 8.42 Å². The molecule has 0 amide bonds. The molecular weight excluding hydrogens is 242 g/mol. The highest BCUT2D eigenvalue weighted by atomic mass is 32.2. The summed E-state index contributed by atoms with van der Waals surface area (Å²) in [6.45, 7) is 0. The lowest BCUT2D eigenvalue weighted by Crippen LogP contribution is -1.91. The minimum Gasteiger partial charge on any atom is -0.300 e. The van der Waals surface area contributed by atoms with Gasteiger partial charge >= 0.3 is 0 Å². The second-order valence-corrected chi connectivity index (χ2v) is 5.00. The van der Waals surface area contributed by atoms with Gasteiger partial charge in [0.1, 0.15) is 0 Å². The van der Waals surface area contributed by atoms with Crippen molar-refractivity contribution in [1.82, 2.24) is 14.6 Å². The van der Waals surface area contributed by atoms with Crippen LogP contribution in [0.15, 0.2) is 36.7 Å². The smallest absolute Gasteiger partial charge is 0.261 e. The van der Waals surface area contributed by atoms with Gasteiger partial charge in [-0.3, -0.25) is 4.55 Å². The van der Waals surface area contributed by atoms with Crippen LogP contribution in [-0.2, 0) is 10.1 Å². The molecule has 7 heteroatoms. The molecule has 3 rings (SSSR count). The van der Waals surface area contributed by atoms with E-state index in [2.05, 4.69) is 16.1 Å². The van der Waals surface area contributed by atoms with Crippen molar-refractivity contribution in [2.75, 3.05) is 6.26 Å². The molecule has 2 aliphatic rings. The largest absolute Gasteiger partial charge is 0.300 e. The molecule has 0 atom stereocenters. The summed E-state index contributed by atoms with van der Waals surface area (Å²) in [6.07, 6.45) is 4.63. The number of nitrogens with one attached hydrogen (secondary N) is 1. The molecule has 2 heterocycles. The Morgan fingerprint density at radius 2 is 2.06 bits per heavy atom. The Kier molecular flexibility index (Phi) is 2.86. The van der Waals surface area contributed by atoms with E-state index in [1.807, 2.05) is 35.1 Å². The van der Waals surface area contributed by atoms with Gasteiger partial charge in [-0.15, -0.1) is 0 Å². The molecule has 6 nitrogen and oxygen atoms in total. The zero-order chi connectivity index (χ0) is 12.5. The van der Waals surface area contributed by atoms with Crippen LogP contribution in [0.3, 0.4) is 0 Å². The number of hydrogen-bond acceptors (Lipinski definition) is 3. The van der Waals surface area contributed by atoms with E-state index in [0.29, 0.717) is 6.26 Å². The molecule has 0 aromatic carbocycles. The van der Waals surface area contributed by atoms with Crippen LogP contribution in [0.25, 0.3) is 16.9 Å². The van der Waals surface area contributed by atoms with Crippen LogP contribution in [0.5, 0.6) is 0 Å². The van der Waals surface area contributed by atoms with Gasteiger partial charge in [0.05, 0.1) is 11.9 Å². The molecule has 1 aromatic heterocycles. The molecule has 0 spiro atoms. The molecule has 1 aliphatic carbocycles. The van der Waals surface area contributed by atoms with Gasteiger partial charge in [-0.05, 0) is 6.07 Å². The first-order valence-corrected chi connectivity index (χ1v) is 6.62. The lowest BCUT2D eigenvalue weighted by Gasteiger charge is -1.98. The van der Waals surface area contributed by atoms with Gasteiger partial charge in [-0.25, -0.2) is 9.50 Å². The number of aromatic nitrogens is 3. The van der Waals surface area contributed by atoms with Crippen molar-refractivity contribution < 1.29 is 13.0 Å². The van der Waals surface area contributed by atoms with Crippen molar-refractivity contribution in [3.63, 3.8) is 0 Å². The first kappa shape index (κ1) is 11.6. The molecule has 0 radical (unpaired) electrons. The third-order valence-corrected chi connectivity index (χ3v) is 2.02. The van der Waals surface area contributed by atoms with Gasteiger partial charge in [0.2, 0.25) is 0 Å². The fraction of sp³-hybridized carbons (Fsp3) is 0.100. The first-order valence-electron chi connectivity index (χ1n) is 4.77. The van der Waals surface area contributed by atoms with Crippen LogP contribution in [0.2, 0.25) is 0 Å². The number of aromatic amines is 1. The Balaban J connectivity index is 0.000000188. The fourth-order valence-corrected chi connectivity index (χ4v) is 1.43. The highest BCUT2D eigenvalue weighted by Gasteiger charge is 2.04. The van der Waals surface area contributed by atoms with E-state index in [1.165, 1.54) is 0 Å². The van der Waals surface area contributed by atoms with Crippen molar-refractivity contribution in [2.24, 2.45) is 0 Å². The Bertz CT molecular complexity index is 649. The number of hydrogen-bond donors (Lipinski definition) is 2. The second kappa shape index (κ2) is 4.19. The molecule has 2 N–H and O–H groups in total. The predicted molar refractivity (Wildman–Crippen MR) is 63.6 cm³/mol. The molecule has 0 unspecified atom stereocenters. The van der Waals surface area contributed by atoms with E-state index >= 15 is 0 Å². The van der Waals surface area contributed by atoms with Gasteiger partial charge in [-0.1, -0.05) is 12.1 Å². The van der Waals surface area contributed by atoms with Crippen molar-refractivity contribution in [1.29, 1.82) is 0 Å². The van der Waals surface area contributed by atoms with Crippen LogP contribution < -0.4 is 0 Å². The van der Waals surface area contributed by atoms with Gasteiger partial charge in [0.15, 0.2) is 5.65 Å². The topological polar surface area (TPSA) is 87.5 Å². The maximum Gasteiger partial charge on any atom is 0.261 e. The normalized spacial score (nSPS) is 11.4. The summed E-state index contributed by atoms with van der Waals surface area (Å²) in [7, 11) is -3.67. The Labute approximate surface area is 98.0 Å². The van der Waals surface area contributed by atoms with E-state index in [4.69, 9.17) is 4.55 Å². The van der Waals surface area contributed by atoms with Crippen molar-refractivity contribution in [3.8, 4) is 11.3 Å². The summed E-state index contributed by atoms with van der Waals surface area (Å²) in [6, 6.07) is 8.03. The Hall–Kier alpha value is -1.86.